The van der Waals surface area contributed by atoms with Crippen LogP contribution in [0.5, 0.6) is 0 Å². The summed E-state index contributed by atoms with van der Waals surface area (Å²) in [5.41, 5.74) is -0.659. The Kier molecular flexibility index (Phi) is 8.99. The van der Waals surface area contributed by atoms with E-state index in [1.54, 1.807) is 0 Å². The van der Waals surface area contributed by atoms with Crippen LogP contribution in [0, 0.1) is 50.7 Å². The fourth-order valence-corrected chi connectivity index (χ4v) is 14.9. The predicted molar refractivity (Wildman–Crippen MR) is 195 cm³/mol. The van der Waals surface area contributed by atoms with Gasteiger partial charge in [0.05, 0.1) is 49.2 Å². The molecule has 2 spiro atoms. The molecule has 2 N–H and O–H groups in total. The lowest BCUT2D eigenvalue weighted by Crippen LogP contribution is -2.60. The number of carbonyl (C=O) groups excluding carboxylic acids is 1. The molecule has 3 unspecified atom stereocenters. The summed E-state index contributed by atoms with van der Waals surface area (Å²) in [6.45, 7) is 24.3. The predicted octanol–water partition coefficient (Wildman–Crippen LogP) is 5.64. The highest BCUT2D eigenvalue weighted by Gasteiger charge is 2.84. The number of nitrogens with zero attached hydrogens (tertiary/aromatic N) is 2. The van der Waals surface area contributed by atoms with E-state index in [-0.39, 0.29) is 58.2 Å². The van der Waals surface area contributed by atoms with E-state index in [2.05, 4.69) is 39.5 Å². The molecular formula is C42H70N2O7. The number of aliphatic hydroxyl groups excluding tert-OH is 1. The molecule has 0 aromatic rings. The zero-order valence-electron chi connectivity index (χ0n) is 33.3. The van der Waals surface area contributed by atoms with Gasteiger partial charge in [-0.2, -0.15) is 0 Å². The highest BCUT2D eigenvalue weighted by Crippen LogP contribution is 2.89. The Balaban J connectivity index is 0.993. The molecule has 0 bridgehead atoms. The van der Waals surface area contributed by atoms with Gasteiger partial charge in [-0.25, -0.2) is 0 Å². The first-order valence-electron chi connectivity index (χ1n) is 20.9. The highest BCUT2D eigenvalue weighted by molar-refractivity contribution is 5.82. The number of ether oxygens (including phenoxy) is 4. The van der Waals surface area contributed by atoms with Gasteiger partial charge in [-0.3, -0.25) is 9.69 Å². The molecule has 0 aromatic carbocycles. The molecule has 1 amide bonds. The third-order valence-electron chi connectivity index (χ3n) is 17.6. The minimum atomic E-state index is -1.02. The Morgan fingerprint density at radius 3 is 2.39 bits per heavy atom. The average Bonchev–Trinajstić information content (AvgIpc) is 3.68. The first kappa shape index (κ1) is 37.1. The molecule has 8 rings (SSSR count). The van der Waals surface area contributed by atoms with Crippen molar-refractivity contribution in [3.05, 3.63) is 0 Å². The summed E-state index contributed by atoms with van der Waals surface area (Å²) in [7, 11) is 0. The molecule has 9 nitrogen and oxygen atoms in total. The van der Waals surface area contributed by atoms with Crippen molar-refractivity contribution in [3.8, 4) is 0 Å². The molecule has 5 saturated carbocycles. The SMILES string of the molecule is CCO[C@@H]([C@H]1C[C@@H](C)[C@H]2[C@H](O1)[C@H](O)[C@@]1(C)[C@@H]3CC[C@H]4C(C)(C)[C@@H](OC5CN([C@@H](C)C(=O)N6CCC6)CCO5)CCC45CC35CC[C@]21C)C(C)(C)O. The molecule has 3 heterocycles. The molecule has 8 aliphatic rings. The van der Waals surface area contributed by atoms with Crippen LogP contribution in [0.3, 0.4) is 0 Å². The van der Waals surface area contributed by atoms with E-state index in [1.165, 1.54) is 25.7 Å². The molecule has 290 valence electrons. The number of morpholine rings is 1. The summed E-state index contributed by atoms with van der Waals surface area (Å²) in [4.78, 5) is 17.3. The standard InChI is InChI=1S/C42H70N2O7/c1-10-48-35(38(6,7)47)27-22-25(2)32-33(50-27)34(45)40(9)29-13-12-28-37(4,5)30(14-15-41(28)24-42(29,41)17-16-39(32,40)8)51-31-23-44(20-21-49-31)26(3)36(46)43-18-11-19-43/h25-35,45,47H,10-24H2,1-9H3/t25-,26+,27-,28+,29+,30+,31?,32+,33+,34+,35+,39-,40-,41?,42?/m1/s1. The zero-order chi connectivity index (χ0) is 36.5. The molecule has 3 saturated heterocycles. The third kappa shape index (κ3) is 5.13. The van der Waals surface area contributed by atoms with E-state index in [1.807, 2.05) is 32.6 Å². The largest absolute Gasteiger partial charge is 0.390 e. The van der Waals surface area contributed by atoms with Crippen molar-refractivity contribution in [3.63, 3.8) is 0 Å². The highest BCUT2D eigenvalue weighted by atomic mass is 16.7. The second-order valence-corrected chi connectivity index (χ2v) is 20.4. The zero-order valence-corrected chi connectivity index (χ0v) is 33.3. The monoisotopic (exact) mass is 715 g/mol. The van der Waals surface area contributed by atoms with Crippen molar-refractivity contribution in [2.24, 2.45) is 50.7 Å². The normalized spacial score (nSPS) is 50.1. The van der Waals surface area contributed by atoms with E-state index >= 15 is 0 Å². The lowest BCUT2D eigenvalue weighted by molar-refractivity contribution is -0.250. The Hall–Kier alpha value is -0.810. The lowest BCUT2D eigenvalue weighted by Gasteiger charge is -2.64. The number of likely N-dealkylation sites (tertiary alicyclic amines) is 1. The maximum absolute atomic E-state index is 13.0. The van der Waals surface area contributed by atoms with Crippen molar-refractivity contribution in [2.45, 2.75) is 169 Å². The van der Waals surface area contributed by atoms with Gasteiger partial charge in [-0.15, -0.1) is 0 Å². The molecule has 0 radical (unpaired) electrons. The lowest BCUT2D eigenvalue weighted by atomic mass is 9.41. The maximum Gasteiger partial charge on any atom is 0.239 e. The number of amides is 1. The van der Waals surface area contributed by atoms with Crippen LogP contribution in [0.4, 0.5) is 0 Å². The molecule has 9 heteroatoms. The van der Waals surface area contributed by atoms with Crippen LogP contribution in [0.25, 0.3) is 0 Å². The van der Waals surface area contributed by atoms with Crippen LogP contribution in [-0.2, 0) is 23.7 Å². The van der Waals surface area contributed by atoms with E-state index in [0.717, 1.165) is 51.7 Å². The van der Waals surface area contributed by atoms with E-state index in [9.17, 15) is 15.0 Å². The van der Waals surface area contributed by atoms with Crippen LogP contribution in [0.2, 0.25) is 0 Å². The van der Waals surface area contributed by atoms with Crippen molar-refractivity contribution in [2.75, 3.05) is 39.4 Å². The Morgan fingerprint density at radius 2 is 1.73 bits per heavy atom. The Bertz CT molecular complexity index is 1350. The number of rotatable bonds is 8. The summed E-state index contributed by atoms with van der Waals surface area (Å²) in [5, 5.41) is 23.7. The minimum Gasteiger partial charge on any atom is -0.390 e. The van der Waals surface area contributed by atoms with Gasteiger partial charge in [0, 0.05) is 31.7 Å². The van der Waals surface area contributed by atoms with Gasteiger partial charge in [-0.05, 0) is 131 Å². The average molecular weight is 715 g/mol. The Labute approximate surface area is 307 Å². The first-order chi connectivity index (χ1) is 24.0. The smallest absolute Gasteiger partial charge is 0.239 e. The molecular weight excluding hydrogens is 644 g/mol. The summed E-state index contributed by atoms with van der Waals surface area (Å²) in [6.07, 6.45) is 8.60. The van der Waals surface area contributed by atoms with Crippen LogP contribution in [0.15, 0.2) is 0 Å². The summed E-state index contributed by atoms with van der Waals surface area (Å²) < 4.78 is 26.3. The van der Waals surface area contributed by atoms with Gasteiger partial charge in [0.2, 0.25) is 5.91 Å². The Morgan fingerprint density at radius 1 is 1.02 bits per heavy atom. The van der Waals surface area contributed by atoms with E-state index in [4.69, 9.17) is 18.9 Å². The molecule has 5 aliphatic carbocycles. The third-order valence-corrected chi connectivity index (χ3v) is 17.6. The van der Waals surface area contributed by atoms with E-state index in [0.29, 0.717) is 48.8 Å². The van der Waals surface area contributed by atoms with Crippen LogP contribution in [-0.4, -0.2) is 114 Å². The van der Waals surface area contributed by atoms with Gasteiger partial charge in [0.15, 0.2) is 6.29 Å². The van der Waals surface area contributed by atoms with Crippen molar-refractivity contribution in [1.29, 1.82) is 0 Å². The quantitative estimate of drug-likeness (QED) is 0.334. The molecule has 3 aliphatic heterocycles. The van der Waals surface area contributed by atoms with Gasteiger partial charge < -0.3 is 34.1 Å². The van der Waals surface area contributed by atoms with Crippen LogP contribution < -0.4 is 0 Å². The van der Waals surface area contributed by atoms with Gasteiger partial charge in [0.1, 0.15) is 6.10 Å². The fraction of sp³-hybridized carbons (Fsp3) is 0.976. The van der Waals surface area contributed by atoms with Crippen molar-refractivity contribution in [1.82, 2.24) is 9.80 Å². The molecule has 8 fully saturated rings. The van der Waals surface area contributed by atoms with Crippen molar-refractivity contribution >= 4 is 5.91 Å². The maximum atomic E-state index is 13.0. The van der Waals surface area contributed by atoms with Crippen molar-refractivity contribution < 1.29 is 34.0 Å². The second kappa shape index (κ2) is 12.3. The number of hydrogen-bond acceptors (Lipinski definition) is 8. The number of carbonyl (C=O) groups is 1. The number of hydrogen-bond donors (Lipinski definition) is 2. The fourth-order valence-electron chi connectivity index (χ4n) is 14.9. The van der Waals surface area contributed by atoms with E-state index < -0.39 is 17.8 Å². The molecule has 51 heavy (non-hydrogen) atoms. The topological polar surface area (TPSA) is 101 Å². The van der Waals surface area contributed by atoms with Gasteiger partial charge in [0.25, 0.3) is 0 Å². The van der Waals surface area contributed by atoms with Gasteiger partial charge in [-0.1, -0.05) is 34.6 Å². The molecule has 15 atom stereocenters. The van der Waals surface area contributed by atoms with Crippen LogP contribution >= 0.6 is 0 Å². The number of fused-ring (bicyclic) bond motifs is 4. The minimum absolute atomic E-state index is 0.00194. The van der Waals surface area contributed by atoms with Crippen LogP contribution in [0.1, 0.15) is 120 Å². The van der Waals surface area contributed by atoms with Gasteiger partial charge >= 0.3 is 0 Å². The molecule has 0 aromatic heterocycles. The summed E-state index contributed by atoms with van der Waals surface area (Å²) in [5.74, 6) is 1.97. The first-order valence-corrected chi connectivity index (χ1v) is 20.9. The second-order valence-electron chi connectivity index (χ2n) is 20.4. The number of aliphatic hydroxyl groups is 2. The summed E-state index contributed by atoms with van der Waals surface area (Å²) in [6, 6.07) is -0.135. The summed E-state index contributed by atoms with van der Waals surface area (Å²) >= 11 is 0.